The van der Waals surface area contributed by atoms with Gasteiger partial charge < -0.3 is 10.1 Å². The molecule has 0 saturated heterocycles. The van der Waals surface area contributed by atoms with E-state index in [4.69, 9.17) is 4.74 Å². The van der Waals surface area contributed by atoms with Crippen molar-refractivity contribution in [3.63, 3.8) is 0 Å². The van der Waals surface area contributed by atoms with Crippen LogP contribution in [0.15, 0.2) is 47.4 Å². The van der Waals surface area contributed by atoms with Gasteiger partial charge in [0.2, 0.25) is 10.0 Å². The number of hydrogen-bond acceptors (Lipinski definition) is 4. The highest BCUT2D eigenvalue weighted by Crippen LogP contribution is 2.21. The molecule has 6 nitrogen and oxygen atoms in total. The molecule has 0 aliphatic heterocycles. The van der Waals surface area contributed by atoms with Gasteiger partial charge in [-0.2, -0.15) is 0 Å². The van der Waals surface area contributed by atoms with Crippen LogP contribution in [0.2, 0.25) is 0 Å². The van der Waals surface area contributed by atoms with E-state index in [-0.39, 0.29) is 23.3 Å². The third-order valence-electron chi connectivity index (χ3n) is 4.11. The molecular weight excluding hydrogens is 376 g/mol. The SMILES string of the molecule is Cc1ccc(CNC(=O)COc2ccc(S(=O)(=O)NCC(C)C)cc2C)cc1. The Kier molecular flexibility index (Phi) is 7.60. The highest BCUT2D eigenvalue weighted by atomic mass is 32.2. The van der Waals surface area contributed by atoms with E-state index in [1.165, 1.54) is 11.6 Å². The zero-order valence-corrected chi connectivity index (χ0v) is 17.6. The van der Waals surface area contributed by atoms with Crippen molar-refractivity contribution in [3.8, 4) is 5.75 Å². The van der Waals surface area contributed by atoms with Crippen molar-refractivity contribution in [2.24, 2.45) is 5.92 Å². The number of sulfonamides is 1. The van der Waals surface area contributed by atoms with Crippen molar-refractivity contribution < 1.29 is 17.9 Å². The lowest BCUT2D eigenvalue weighted by molar-refractivity contribution is -0.123. The molecule has 2 N–H and O–H groups in total. The van der Waals surface area contributed by atoms with E-state index in [2.05, 4.69) is 10.0 Å². The highest BCUT2D eigenvalue weighted by Gasteiger charge is 2.16. The zero-order chi connectivity index (χ0) is 20.7. The molecule has 1 amide bonds. The molecule has 2 aromatic carbocycles. The maximum atomic E-state index is 12.3. The second-order valence-electron chi connectivity index (χ2n) is 7.22. The molecule has 7 heteroatoms. The maximum absolute atomic E-state index is 12.3. The van der Waals surface area contributed by atoms with Crippen LogP contribution < -0.4 is 14.8 Å². The smallest absolute Gasteiger partial charge is 0.258 e. The number of carbonyl (C=O) groups excluding carboxylic acids is 1. The van der Waals surface area contributed by atoms with Gasteiger partial charge in [-0.25, -0.2) is 13.1 Å². The minimum absolute atomic E-state index is 0.135. The predicted molar refractivity (Wildman–Crippen MR) is 110 cm³/mol. The van der Waals surface area contributed by atoms with Crippen molar-refractivity contribution >= 4 is 15.9 Å². The number of ether oxygens (including phenoxy) is 1. The van der Waals surface area contributed by atoms with E-state index >= 15 is 0 Å². The van der Waals surface area contributed by atoms with Crippen LogP contribution in [0, 0.1) is 19.8 Å². The molecular formula is C21H28N2O4S. The van der Waals surface area contributed by atoms with Crippen molar-refractivity contribution in [1.29, 1.82) is 0 Å². The average molecular weight is 405 g/mol. The van der Waals surface area contributed by atoms with Crippen molar-refractivity contribution in [2.75, 3.05) is 13.2 Å². The summed E-state index contributed by atoms with van der Waals surface area (Å²) in [5, 5.41) is 2.80. The zero-order valence-electron chi connectivity index (χ0n) is 16.8. The standard InChI is InChI=1S/C21H28N2O4S/c1-15(2)12-23-28(25,26)19-9-10-20(17(4)11-19)27-14-21(24)22-13-18-7-5-16(3)6-8-18/h5-11,15,23H,12-14H2,1-4H3,(H,22,24). The van der Waals surface area contributed by atoms with Crippen LogP contribution in [-0.2, 0) is 21.4 Å². The molecule has 0 radical (unpaired) electrons. The lowest BCUT2D eigenvalue weighted by Crippen LogP contribution is -2.28. The topological polar surface area (TPSA) is 84.5 Å². The Hall–Kier alpha value is -2.38. The molecule has 2 rings (SSSR count). The average Bonchev–Trinajstić information content (AvgIpc) is 2.65. The van der Waals surface area contributed by atoms with Gasteiger partial charge in [0.05, 0.1) is 4.90 Å². The fraction of sp³-hybridized carbons (Fsp3) is 0.381. The molecule has 0 bridgehead atoms. The van der Waals surface area contributed by atoms with Crippen molar-refractivity contribution in [3.05, 3.63) is 59.2 Å². The summed E-state index contributed by atoms with van der Waals surface area (Å²) < 4.78 is 32.7. The minimum atomic E-state index is -3.55. The third kappa shape index (κ3) is 6.65. The van der Waals surface area contributed by atoms with E-state index in [9.17, 15) is 13.2 Å². The summed E-state index contributed by atoms with van der Waals surface area (Å²) in [6.07, 6.45) is 0. The summed E-state index contributed by atoms with van der Waals surface area (Å²) in [4.78, 5) is 12.2. The number of rotatable bonds is 9. The quantitative estimate of drug-likeness (QED) is 0.673. The molecule has 0 unspecified atom stereocenters. The molecule has 0 aromatic heterocycles. The molecule has 0 saturated carbocycles. The predicted octanol–water partition coefficient (Wildman–Crippen LogP) is 2.93. The summed E-state index contributed by atoms with van der Waals surface area (Å²) in [5.41, 5.74) is 2.83. The lowest BCUT2D eigenvalue weighted by Gasteiger charge is -2.12. The van der Waals surface area contributed by atoms with E-state index in [1.807, 2.05) is 45.0 Å². The van der Waals surface area contributed by atoms with Gasteiger partial charge in [0.15, 0.2) is 6.61 Å². The molecule has 0 fully saturated rings. The van der Waals surface area contributed by atoms with Gasteiger partial charge >= 0.3 is 0 Å². The summed E-state index contributed by atoms with van der Waals surface area (Å²) in [6, 6.07) is 12.5. The number of amides is 1. The van der Waals surface area contributed by atoms with Gasteiger partial charge in [0, 0.05) is 13.1 Å². The first-order valence-electron chi connectivity index (χ1n) is 9.23. The van der Waals surface area contributed by atoms with Crippen LogP contribution in [0.4, 0.5) is 0 Å². The number of benzene rings is 2. The molecule has 0 spiro atoms. The Morgan fingerprint density at radius 2 is 1.75 bits per heavy atom. The number of nitrogens with one attached hydrogen (secondary N) is 2. The summed E-state index contributed by atoms with van der Waals surface area (Å²) in [6.45, 7) is 8.31. The first kappa shape index (κ1) is 21.9. The summed E-state index contributed by atoms with van der Waals surface area (Å²) in [7, 11) is -3.55. The number of aryl methyl sites for hydroxylation is 2. The Balaban J connectivity index is 1.90. The molecule has 0 aliphatic carbocycles. The summed E-state index contributed by atoms with van der Waals surface area (Å²) >= 11 is 0. The molecule has 28 heavy (non-hydrogen) atoms. The van der Waals surface area contributed by atoms with Gasteiger partial charge in [0.1, 0.15) is 5.75 Å². The maximum Gasteiger partial charge on any atom is 0.258 e. The molecule has 152 valence electrons. The van der Waals surface area contributed by atoms with Gasteiger partial charge in [-0.1, -0.05) is 43.7 Å². The van der Waals surface area contributed by atoms with Gasteiger partial charge in [0.25, 0.3) is 5.91 Å². The minimum Gasteiger partial charge on any atom is -0.484 e. The van der Waals surface area contributed by atoms with E-state index in [0.717, 1.165) is 5.56 Å². The monoisotopic (exact) mass is 404 g/mol. The first-order chi connectivity index (χ1) is 13.2. The number of hydrogen-bond donors (Lipinski definition) is 2. The van der Waals surface area contributed by atoms with Crippen LogP contribution in [-0.4, -0.2) is 27.5 Å². The van der Waals surface area contributed by atoms with Crippen molar-refractivity contribution in [2.45, 2.75) is 39.1 Å². The van der Waals surface area contributed by atoms with Gasteiger partial charge in [-0.3, -0.25) is 4.79 Å². The lowest BCUT2D eigenvalue weighted by atomic mass is 10.1. The van der Waals surface area contributed by atoms with Crippen LogP contribution in [0.25, 0.3) is 0 Å². The second kappa shape index (κ2) is 9.71. The largest absolute Gasteiger partial charge is 0.484 e. The number of carbonyl (C=O) groups is 1. The van der Waals surface area contributed by atoms with E-state index in [0.29, 0.717) is 24.4 Å². The highest BCUT2D eigenvalue weighted by molar-refractivity contribution is 7.89. The summed E-state index contributed by atoms with van der Waals surface area (Å²) in [5.74, 6) is 0.459. The molecule has 0 atom stereocenters. The van der Waals surface area contributed by atoms with Crippen molar-refractivity contribution in [1.82, 2.24) is 10.0 Å². The van der Waals surface area contributed by atoms with Crippen LogP contribution in [0.3, 0.4) is 0 Å². The molecule has 0 aliphatic rings. The fourth-order valence-electron chi connectivity index (χ4n) is 2.41. The molecule has 2 aromatic rings. The Bertz CT molecular complexity index is 907. The Morgan fingerprint density at radius 3 is 2.36 bits per heavy atom. The molecule has 0 heterocycles. The Labute approximate surface area is 167 Å². The van der Waals surface area contributed by atoms with Crippen LogP contribution >= 0.6 is 0 Å². The first-order valence-corrected chi connectivity index (χ1v) is 10.7. The Morgan fingerprint density at radius 1 is 1.07 bits per heavy atom. The van der Waals surface area contributed by atoms with Gasteiger partial charge in [-0.05, 0) is 49.1 Å². The van der Waals surface area contributed by atoms with E-state index < -0.39 is 10.0 Å². The van der Waals surface area contributed by atoms with E-state index in [1.54, 1.807) is 19.1 Å². The van der Waals surface area contributed by atoms with Crippen LogP contribution in [0.1, 0.15) is 30.5 Å². The fourth-order valence-corrected chi connectivity index (χ4v) is 3.71. The van der Waals surface area contributed by atoms with Crippen LogP contribution in [0.5, 0.6) is 5.75 Å². The van der Waals surface area contributed by atoms with Gasteiger partial charge in [-0.15, -0.1) is 0 Å². The third-order valence-corrected chi connectivity index (χ3v) is 5.53. The second-order valence-corrected chi connectivity index (χ2v) is 8.99. The normalized spacial score (nSPS) is 11.5.